The first kappa shape index (κ1) is 21.8. The number of likely N-dealkylation sites (tertiary alicyclic amines) is 1. The minimum atomic E-state index is -0.886. The molecular weight excluding hydrogens is 414 g/mol. The quantitative estimate of drug-likeness (QED) is 0.532. The van der Waals surface area contributed by atoms with Gasteiger partial charge in [-0.25, -0.2) is 4.79 Å². The van der Waals surface area contributed by atoms with Gasteiger partial charge in [-0.3, -0.25) is 4.90 Å². The molecule has 6 heteroatoms. The molecule has 0 unspecified atom stereocenters. The molecule has 2 aromatic carbocycles. The summed E-state index contributed by atoms with van der Waals surface area (Å²) in [6.45, 7) is 3.94. The maximum absolute atomic E-state index is 11.6. The molecule has 0 amide bonds. The molecule has 5 rings (SSSR count). The van der Waals surface area contributed by atoms with Crippen LogP contribution in [0.2, 0.25) is 0 Å². The Balaban J connectivity index is 1.57. The van der Waals surface area contributed by atoms with Crippen molar-refractivity contribution in [3.05, 3.63) is 58.8 Å². The van der Waals surface area contributed by atoms with Crippen LogP contribution in [0.5, 0.6) is 5.75 Å². The summed E-state index contributed by atoms with van der Waals surface area (Å²) in [5.41, 5.74) is 6.55. The molecule has 6 nitrogen and oxygen atoms in total. The fourth-order valence-corrected chi connectivity index (χ4v) is 5.63. The van der Waals surface area contributed by atoms with E-state index in [1.54, 1.807) is 13.2 Å². The Bertz CT molecular complexity index is 1210. The maximum atomic E-state index is 11.6. The number of anilines is 1. The SMILES string of the molecule is COc1cc(C)c2[nH]ccc2c1CN1CCC2(CC2)C[C@@H]1c1ccc(C(=O)O)cc1N(C)C. The summed E-state index contributed by atoms with van der Waals surface area (Å²) in [6.07, 6.45) is 6.95. The number of aromatic carboxylic acids is 1. The lowest BCUT2D eigenvalue weighted by molar-refractivity contribution is 0.0696. The number of ether oxygens (including phenoxy) is 1. The van der Waals surface area contributed by atoms with E-state index in [0.29, 0.717) is 11.0 Å². The van der Waals surface area contributed by atoms with Crippen LogP contribution < -0.4 is 9.64 Å². The number of H-pyrrole nitrogens is 1. The predicted octanol–water partition coefficient (Wildman–Crippen LogP) is 5.37. The first-order valence-electron chi connectivity index (χ1n) is 11.7. The molecule has 1 saturated heterocycles. The average Bonchev–Trinajstić information content (AvgIpc) is 3.35. The molecule has 174 valence electrons. The van der Waals surface area contributed by atoms with Crippen molar-refractivity contribution >= 4 is 22.6 Å². The lowest BCUT2D eigenvalue weighted by Crippen LogP contribution is -2.38. The predicted molar refractivity (Wildman–Crippen MR) is 131 cm³/mol. The number of aromatic nitrogens is 1. The minimum absolute atomic E-state index is 0.237. The van der Waals surface area contributed by atoms with Gasteiger partial charge in [-0.2, -0.15) is 0 Å². The Labute approximate surface area is 195 Å². The van der Waals surface area contributed by atoms with Crippen molar-refractivity contribution in [1.82, 2.24) is 9.88 Å². The number of nitrogens with zero attached hydrogens (tertiary/aromatic N) is 2. The first-order valence-corrected chi connectivity index (χ1v) is 11.7. The summed E-state index contributed by atoms with van der Waals surface area (Å²) in [6, 6.07) is 10.1. The van der Waals surface area contributed by atoms with Crippen molar-refractivity contribution in [3.63, 3.8) is 0 Å². The molecule has 0 radical (unpaired) electrons. The molecule has 1 aromatic heterocycles. The summed E-state index contributed by atoms with van der Waals surface area (Å²) in [5, 5.41) is 10.8. The van der Waals surface area contributed by atoms with E-state index in [2.05, 4.69) is 28.9 Å². The van der Waals surface area contributed by atoms with Crippen LogP contribution in [-0.2, 0) is 6.54 Å². The lowest BCUT2D eigenvalue weighted by atomic mass is 9.83. The summed E-state index contributed by atoms with van der Waals surface area (Å²) < 4.78 is 5.83. The fraction of sp³-hybridized carbons (Fsp3) is 0.444. The molecule has 1 saturated carbocycles. The van der Waals surface area contributed by atoms with E-state index < -0.39 is 5.97 Å². The maximum Gasteiger partial charge on any atom is 0.335 e. The Hall–Kier alpha value is -2.99. The van der Waals surface area contributed by atoms with Crippen molar-refractivity contribution in [1.29, 1.82) is 0 Å². The van der Waals surface area contributed by atoms with Gasteiger partial charge in [0.05, 0.1) is 12.7 Å². The number of benzene rings is 2. The highest BCUT2D eigenvalue weighted by Crippen LogP contribution is 2.59. The fourth-order valence-electron chi connectivity index (χ4n) is 5.63. The second kappa shape index (κ2) is 8.10. The number of aromatic amines is 1. The number of rotatable bonds is 6. The Morgan fingerprint density at radius 2 is 2.03 bits per heavy atom. The number of fused-ring (bicyclic) bond motifs is 1. The standard InChI is InChI=1S/C27H33N3O3/c1-17-13-24(33-4)21(19-7-11-28-25(17)19)16-30-12-10-27(8-9-27)15-23(30)20-6-5-18(26(31)32)14-22(20)29(2)3/h5-7,11,13-14,23,28H,8-10,12,15-16H2,1-4H3,(H,31,32)/t23-/m1/s1. The average molecular weight is 448 g/mol. The number of methoxy groups -OCH3 is 1. The third-order valence-electron chi connectivity index (χ3n) is 7.76. The van der Waals surface area contributed by atoms with Crippen LogP contribution in [0.15, 0.2) is 36.5 Å². The van der Waals surface area contributed by atoms with Gasteiger partial charge < -0.3 is 19.7 Å². The summed E-state index contributed by atoms with van der Waals surface area (Å²) in [7, 11) is 5.74. The largest absolute Gasteiger partial charge is 0.496 e. The van der Waals surface area contributed by atoms with Crippen LogP contribution >= 0.6 is 0 Å². The van der Waals surface area contributed by atoms with Gasteiger partial charge in [0, 0.05) is 55.0 Å². The van der Waals surface area contributed by atoms with E-state index in [1.807, 2.05) is 37.3 Å². The second-order valence-corrected chi connectivity index (χ2v) is 10.1. The number of carboxylic acids is 1. The summed E-state index contributed by atoms with van der Waals surface area (Å²) in [4.78, 5) is 19.6. The number of nitrogens with one attached hydrogen (secondary N) is 1. The number of piperidine rings is 1. The van der Waals surface area contributed by atoms with Gasteiger partial charge in [-0.1, -0.05) is 6.07 Å². The van der Waals surface area contributed by atoms with Gasteiger partial charge >= 0.3 is 5.97 Å². The lowest BCUT2D eigenvalue weighted by Gasteiger charge is -2.42. The van der Waals surface area contributed by atoms with Gasteiger partial charge in [-0.15, -0.1) is 0 Å². The van der Waals surface area contributed by atoms with Crippen molar-refractivity contribution in [2.24, 2.45) is 5.41 Å². The smallest absolute Gasteiger partial charge is 0.335 e. The second-order valence-electron chi connectivity index (χ2n) is 10.1. The molecule has 2 fully saturated rings. The molecule has 1 aliphatic heterocycles. The van der Waals surface area contributed by atoms with E-state index in [-0.39, 0.29) is 6.04 Å². The van der Waals surface area contributed by atoms with Gasteiger partial charge in [0.25, 0.3) is 0 Å². The van der Waals surface area contributed by atoms with Crippen molar-refractivity contribution < 1.29 is 14.6 Å². The monoisotopic (exact) mass is 447 g/mol. The highest BCUT2D eigenvalue weighted by molar-refractivity contribution is 5.89. The Morgan fingerprint density at radius 1 is 1.24 bits per heavy atom. The summed E-state index contributed by atoms with van der Waals surface area (Å²) in [5.74, 6) is 0.0437. The highest BCUT2D eigenvalue weighted by Gasteiger charge is 2.48. The zero-order valence-corrected chi connectivity index (χ0v) is 19.9. The molecule has 2 heterocycles. The van der Waals surface area contributed by atoms with Crippen LogP contribution in [0, 0.1) is 12.3 Å². The number of hydrogen-bond acceptors (Lipinski definition) is 4. The number of hydrogen-bond donors (Lipinski definition) is 2. The molecule has 0 bridgehead atoms. The number of aryl methyl sites for hydroxylation is 1. The number of carbonyl (C=O) groups is 1. The zero-order valence-electron chi connectivity index (χ0n) is 19.9. The molecule has 33 heavy (non-hydrogen) atoms. The van der Waals surface area contributed by atoms with Crippen molar-refractivity contribution in [2.45, 2.75) is 45.2 Å². The first-order chi connectivity index (χ1) is 15.8. The van der Waals surface area contributed by atoms with Crippen LogP contribution in [-0.4, -0.2) is 48.7 Å². The van der Waals surface area contributed by atoms with Crippen LogP contribution in [0.3, 0.4) is 0 Å². The van der Waals surface area contributed by atoms with Gasteiger partial charge in [0.2, 0.25) is 0 Å². The van der Waals surface area contributed by atoms with E-state index in [9.17, 15) is 9.90 Å². The van der Waals surface area contributed by atoms with Gasteiger partial charge in [0.1, 0.15) is 5.75 Å². The van der Waals surface area contributed by atoms with E-state index >= 15 is 0 Å². The molecular formula is C27H33N3O3. The topological polar surface area (TPSA) is 68.8 Å². The molecule has 2 aliphatic rings. The van der Waals surface area contributed by atoms with E-state index in [1.165, 1.54) is 41.3 Å². The van der Waals surface area contributed by atoms with E-state index in [4.69, 9.17) is 4.74 Å². The number of carboxylic acid groups (broad SMARTS) is 1. The van der Waals surface area contributed by atoms with Gasteiger partial charge in [0.15, 0.2) is 0 Å². The molecule has 1 atom stereocenters. The van der Waals surface area contributed by atoms with Crippen molar-refractivity contribution in [3.8, 4) is 5.75 Å². The third kappa shape index (κ3) is 3.86. The molecule has 2 N–H and O–H groups in total. The zero-order chi connectivity index (χ0) is 23.3. The van der Waals surface area contributed by atoms with Crippen LogP contribution in [0.25, 0.3) is 10.9 Å². The molecule has 3 aromatic rings. The Morgan fingerprint density at radius 3 is 2.70 bits per heavy atom. The molecule has 1 spiro atoms. The minimum Gasteiger partial charge on any atom is -0.496 e. The summed E-state index contributed by atoms with van der Waals surface area (Å²) >= 11 is 0. The normalized spacial score (nSPS) is 19.7. The van der Waals surface area contributed by atoms with E-state index in [0.717, 1.165) is 36.5 Å². The molecule has 1 aliphatic carbocycles. The highest BCUT2D eigenvalue weighted by atomic mass is 16.5. The van der Waals surface area contributed by atoms with Gasteiger partial charge in [-0.05, 0) is 80.0 Å². The van der Waals surface area contributed by atoms with Crippen molar-refractivity contribution in [2.75, 3.05) is 32.6 Å². The Kier molecular flexibility index (Phi) is 5.36. The van der Waals surface area contributed by atoms with Crippen LogP contribution in [0.1, 0.15) is 58.8 Å². The van der Waals surface area contributed by atoms with Crippen LogP contribution in [0.4, 0.5) is 5.69 Å². The third-order valence-corrected chi connectivity index (χ3v) is 7.76.